The molecule has 2 amide bonds. The zero-order chi connectivity index (χ0) is 21.1. The van der Waals surface area contributed by atoms with E-state index in [4.69, 9.17) is 0 Å². The number of benzene rings is 2. The van der Waals surface area contributed by atoms with Crippen molar-refractivity contribution in [2.24, 2.45) is 5.10 Å². The second-order valence-corrected chi connectivity index (χ2v) is 8.04. The van der Waals surface area contributed by atoms with Gasteiger partial charge in [-0.2, -0.15) is 5.10 Å². The lowest BCUT2D eigenvalue weighted by atomic mass is 10.1. The van der Waals surface area contributed by atoms with Crippen molar-refractivity contribution in [3.8, 4) is 5.69 Å². The van der Waals surface area contributed by atoms with E-state index in [1.54, 1.807) is 6.21 Å². The molecule has 3 aromatic rings. The molecule has 0 radical (unpaired) electrons. The van der Waals surface area contributed by atoms with Crippen LogP contribution in [-0.4, -0.2) is 16.8 Å². The molecular formula is C23H25BrN4O. The van der Waals surface area contributed by atoms with Crippen LogP contribution in [0.2, 0.25) is 0 Å². The lowest BCUT2D eigenvalue weighted by molar-refractivity contribution is 0.252. The number of rotatable bonds is 4. The van der Waals surface area contributed by atoms with Crippen molar-refractivity contribution in [2.75, 3.05) is 5.32 Å². The van der Waals surface area contributed by atoms with Gasteiger partial charge in [-0.05, 0) is 75.6 Å². The van der Waals surface area contributed by atoms with Gasteiger partial charge in [0.2, 0.25) is 0 Å². The summed E-state index contributed by atoms with van der Waals surface area (Å²) in [4.78, 5) is 12.1. The van der Waals surface area contributed by atoms with Gasteiger partial charge in [0.25, 0.3) is 0 Å². The number of amides is 2. The minimum Gasteiger partial charge on any atom is -0.317 e. The van der Waals surface area contributed by atoms with Gasteiger partial charge < -0.3 is 9.88 Å². The standard InChI is InChI=1S/C23H25BrN4O/c1-14-7-6-8-15(2)22(14)28-17(4)12-19(18(28)5)13-25-27-23(29)26-20-9-10-21(24)16(3)11-20/h6-13H,1-5H3,(H2,26,27,29)/b25-13+. The van der Waals surface area contributed by atoms with Crippen LogP contribution < -0.4 is 10.7 Å². The molecule has 0 atom stereocenters. The number of hydrogen-bond donors (Lipinski definition) is 2. The zero-order valence-electron chi connectivity index (χ0n) is 17.3. The van der Waals surface area contributed by atoms with Gasteiger partial charge in [-0.1, -0.05) is 34.1 Å². The molecule has 150 valence electrons. The molecule has 1 aromatic heterocycles. The van der Waals surface area contributed by atoms with Gasteiger partial charge in [-0.3, -0.25) is 0 Å². The van der Waals surface area contributed by atoms with Crippen molar-refractivity contribution in [1.29, 1.82) is 0 Å². The van der Waals surface area contributed by atoms with Crippen LogP contribution in [0.5, 0.6) is 0 Å². The lowest BCUT2D eigenvalue weighted by Gasteiger charge is -2.15. The summed E-state index contributed by atoms with van der Waals surface area (Å²) in [7, 11) is 0. The van der Waals surface area contributed by atoms with Crippen LogP contribution in [0, 0.1) is 34.6 Å². The Morgan fingerprint density at radius 1 is 1.00 bits per heavy atom. The number of carbonyl (C=O) groups is 1. The van der Waals surface area contributed by atoms with Crippen molar-refractivity contribution in [1.82, 2.24) is 9.99 Å². The third-order valence-corrected chi connectivity index (χ3v) is 5.81. The molecular weight excluding hydrogens is 428 g/mol. The van der Waals surface area contributed by atoms with E-state index in [9.17, 15) is 4.79 Å². The smallest absolute Gasteiger partial charge is 0.317 e. The largest absolute Gasteiger partial charge is 0.339 e. The third kappa shape index (κ3) is 4.59. The second kappa shape index (κ2) is 8.66. The van der Waals surface area contributed by atoms with Crippen molar-refractivity contribution in [3.05, 3.63) is 80.6 Å². The number of nitrogens with zero attached hydrogens (tertiary/aromatic N) is 2. The van der Waals surface area contributed by atoms with Gasteiger partial charge >= 0.3 is 6.03 Å². The molecule has 2 aromatic carbocycles. The Morgan fingerprint density at radius 2 is 1.69 bits per heavy atom. The van der Waals surface area contributed by atoms with Gasteiger partial charge in [0, 0.05) is 27.1 Å². The Balaban J connectivity index is 1.74. The number of para-hydroxylation sites is 1. The molecule has 0 spiro atoms. The number of urea groups is 1. The van der Waals surface area contributed by atoms with Crippen LogP contribution in [0.1, 0.15) is 33.6 Å². The molecule has 0 aliphatic carbocycles. The molecule has 1 heterocycles. The fourth-order valence-corrected chi connectivity index (χ4v) is 3.71. The molecule has 0 unspecified atom stereocenters. The summed E-state index contributed by atoms with van der Waals surface area (Å²) >= 11 is 3.45. The fraction of sp³-hybridized carbons (Fsp3) is 0.217. The molecule has 0 saturated carbocycles. The summed E-state index contributed by atoms with van der Waals surface area (Å²) in [5.74, 6) is 0. The van der Waals surface area contributed by atoms with E-state index in [-0.39, 0.29) is 6.03 Å². The average molecular weight is 453 g/mol. The van der Waals surface area contributed by atoms with Gasteiger partial charge in [-0.15, -0.1) is 0 Å². The Morgan fingerprint density at radius 3 is 2.34 bits per heavy atom. The van der Waals surface area contributed by atoms with Gasteiger partial charge in [0.15, 0.2) is 0 Å². The summed E-state index contributed by atoms with van der Waals surface area (Å²) in [6, 6.07) is 13.6. The van der Waals surface area contributed by atoms with Crippen LogP contribution >= 0.6 is 15.9 Å². The van der Waals surface area contributed by atoms with Gasteiger partial charge in [-0.25, -0.2) is 10.2 Å². The highest BCUT2D eigenvalue weighted by Crippen LogP contribution is 2.25. The van der Waals surface area contributed by atoms with Crippen LogP contribution in [-0.2, 0) is 0 Å². The summed E-state index contributed by atoms with van der Waals surface area (Å²) < 4.78 is 3.23. The maximum absolute atomic E-state index is 12.1. The topological polar surface area (TPSA) is 58.4 Å². The predicted octanol–water partition coefficient (Wildman–Crippen LogP) is 5.94. The first kappa shape index (κ1) is 20.9. The number of nitrogens with one attached hydrogen (secondary N) is 2. The number of aromatic nitrogens is 1. The Bertz CT molecular complexity index is 1080. The van der Waals surface area contributed by atoms with Crippen molar-refractivity contribution < 1.29 is 4.79 Å². The highest BCUT2D eigenvalue weighted by Gasteiger charge is 2.13. The van der Waals surface area contributed by atoms with E-state index in [2.05, 4.69) is 88.3 Å². The first-order valence-corrected chi connectivity index (χ1v) is 10.2. The number of hydrogen-bond acceptors (Lipinski definition) is 2. The molecule has 2 N–H and O–H groups in total. The molecule has 6 heteroatoms. The van der Waals surface area contributed by atoms with Crippen molar-refractivity contribution in [3.63, 3.8) is 0 Å². The summed E-state index contributed by atoms with van der Waals surface area (Å²) in [5.41, 5.74) is 11.1. The highest BCUT2D eigenvalue weighted by molar-refractivity contribution is 9.10. The molecule has 0 fully saturated rings. The highest BCUT2D eigenvalue weighted by atomic mass is 79.9. The fourth-order valence-electron chi connectivity index (χ4n) is 3.46. The average Bonchev–Trinajstić information content (AvgIpc) is 2.92. The zero-order valence-corrected chi connectivity index (χ0v) is 18.9. The third-order valence-electron chi connectivity index (χ3n) is 4.92. The number of carbonyl (C=O) groups excluding carboxylic acids is 1. The first-order chi connectivity index (χ1) is 13.8. The van der Waals surface area contributed by atoms with E-state index in [0.29, 0.717) is 5.69 Å². The van der Waals surface area contributed by atoms with Crippen LogP contribution in [0.25, 0.3) is 5.69 Å². The Labute approximate surface area is 180 Å². The number of halogens is 1. The van der Waals surface area contributed by atoms with Crippen LogP contribution in [0.3, 0.4) is 0 Å². The molecule has 0 bridgehead atoms. The summed E-state index contributed by atoms with van der Waals surface area (Å²) in [6.45, 7) is 10.3. The molecule has 29 heavy (non-hydrogen) atoms. The molecule has 3 rings (SSSR count). The summed E-state index contributed by atoms with van der Waals surface area (Å²) in [5, 5.41) is 6.90. The van der Waals surface area contributed by atoms with Crippen molar-refractivity contribution in [2.45, 2.75) is 34.6 Å². The monoisotopic (exact) mass is 452 g/mol. The van der Waals surface area contributed by atoms with Crippen molar-refractivity contribution >= 4 is 33.9 Å². The molecule has 0 saturated heterocycles. The first-order valence-electron chi connectivity index (χ1n) is 9.39. The van der Waals surface area contributed by atoms with Gasteiger partial charge in [0.05, 0.1) is 11.9 Å². The van der Waals surface area contributed by atoms with E-state index < -0.39 is 0 Å². The Hall–Kier alpha value is -2.86. The predicted molar refractivity (Wildman–Crippen MR) is 123 cm³/mol. The van der Waals surface area contributed by atoms with E-state index >= 15 is 0 Å². The lowest BCUT2D eigenvalue weighted by Crippen LogP contribution is -2.24. The number of aryl methyl sites for hydroxylation is 4. The Kier molecular flexibility index (Phi) is 6.23. The SMILES string of the molecule is Cc1cc(NC(=O)N/N=C/c2cc(C)n(-c3c(C)cccc3C)c2C)ccc1Br. The van der Waals surface area contributed by atoms with Gasteiger partial charge in [0.1, 0.15) is 0 Å². The minimum absolute atomic E-state index is 0.383. The quantitative estimate of drug-likeness (QED) is 0.373. The molecule has 0 aliphatic rings. The maximum Gasteiger partial charge on any atom is 0.339 e. The van der Waals surface area contributed by atoms with E-state index in [1.165, 1.54) is 16.8 Å². The number of anilines is 1. The minimum atomic E-state index is -0.383. The normalized spacial score (nSPS) is 11.1. The molecule has 0 aliphatic heterocycles. The molecule has 5 nitrogen and oxygen atoms in total. The maximum atomic E-state index is 12.1. The van der Waals surface area contributed by atoms with E-state index in [1.807, 2.05) is 25.1 Å². The van der Waals surface area contributed by atoms with Crippen LogP contribution in [0.15, 0.2) is 52.0 Å². The second-order valence-electron chi connectivity index (χ2n) is 7.19. The van der Waals surface area contributed by atoms with Crippen LogP contribution in [0.4, 0.5) is 10.5 Å². The summed E-state index contributed by atoms with van der Waals surface area (Å²) in [6.07, 6.45) is 1.68. The van der Waals surface area contributed by atoms with E-state index in [0.717, 1.165) is 27.0 Å². The number of hydrazone groups is 1.